The fourth-order valence-corrected chi connectivity index (χ4v) is 2.72. The summed E-state index contributed by atoms with van der Waals surface area (Å²) in [5.41, 5.74) is 0. The van der Waals surface area contributed by atoms with Gasteiger partial charge in [-0.1, -0.05) is 11.8 Å². The molecule has 1 aromatic rings. The molecule has 0 amide bonds. The van der Waals surface area contributed by atoms with Gasteiger partial charge in [0, 0.05) is 17.6 Å². The second-order valence-electron chi connectivity index (χ2n) is 3.57. The van der Waals surface area contributed by atoms with Gasteiger partial charge in [-0.25, -0.2) is 0 Å². The molecule has 0 aromatic carbocycles. The Hall–Kier alpha value is -0.690. The van der Waals surface area contributed by atoms with Crippen LogP contribution in [0.4, 0.5) is 0 Å². The van der Waals surface area contributed by atoms with E-state index in [9.17, 15) is 19.8 Å². The second-order valence-corrected chi connectivity index (χ2v) is 5.89. The van der Waals surface area contributed by atoms with E-state index in [2.05, 4.69) is 0 Å². The van der Waals surface area contributed by atoms with Gasteiger partial charge in [-0.05, 0) is 19.1 Å². The third-order valence-corrected chi connectivity index (χ3v) is 4.26. The van der Waals surface area contributed by atoms with E-state index in [1.54, 1.807) is 12.1 Å². The molecule has 0 bridgehead atoms. The number of ketones is 1. The van der Waals surface area contributed by atoms with Crippen molar-refractivity contribution in [2.75, 3.05) is 5.75 Å². The number of thiophene rings is 1. The van der Waals surface area contributed by atoms with Crippen LogP contribution in [0.3, 0.4) is 0 Å². The van der Waals surface area contributed by atoms with Gasteiger partial charge in [-0.2, -0.15) is 0 Å². The predicted octanol–water partition coefficient (Wildman–Crippen LogP) is 1.62. The van der Waals surface area contributed by atoms with Gasteiger partial charge in [-0.3, -0.25) is 9.59 Å². The van der Waals surface area contributed by atoms with E-state index < -0.39 is 12.2 Å². The Bertz CT molecular complexity index is 413. The van der Waals surface area contributed by atoms with Gasteiger partial charge < -0.3 is 10.2 Å². The topological polar surface area (TPSA) is 74.6 Å². The Morgan fingerprint density at radius 1 is 1.35 bits per heavy atom. The lowest BCUT2D eigenvalue weighted by atomic mass is 10.2. The van der Waals surface area contributed by atoms with Gasteiger partial charge in [0.25, 0.3) is 0 Å². The molecule has 0 aliphatic heterocycles. The van der Waals surface area contributed by atoms with Crippen LogP contribution in [-0.4, -0.2) is 33.0 Å². The van der Waals surface area contributed by atoms with E-state index >= 15 is 0 Å². The van der Waals surface area contributed by atoms with Crippen LogP contribution < -0.4 is 0 Å². The monoisotopic (exact) mass is 274 g/mol. The largest absolute Gasteiger partial charge is 0.389 e. The number of carbonyl (C=O) groups excluding carboxylic acids is 2. The second kappa shape index (κ2) is 6.30. The molecule has 1 aromatic heterocycles. The average Bonchev–Trinajstić information content (AvgIpc) is 2.73. The van der Waals surface area contributed by atoms with Crippen LogP contribution in [0.25, 0.3) is 0 Å². The van der Waals surface area contributed by atoms with Gasteiger partial charge in [0.05, 0.1) is 11.0 Å². The molecule has 0 radical (unpaired) electrons. The zero-order valence-electron chi connectivity index (χ0n) is 9.54. The van der Waals surface area contributed by atoms with Crippen LogP contribution >= 0.6 is 23.1 Å². The minimum atomic E-state index is -1.06. The first kappa shape index (κ1) is 14.4. The molecule has 0 saturated carbocycles. The summed E-state index contributed by atoms with van der Waals surface area (Å²) in [6.45, 7) is 2.85. The maximum absolute atomic E-state index is 11.1. The van der Waals surface area contributed by atoms with Crippen LogP contribution in [0.2, 0.25) is 0 Å². The third kappa shape index (κ3) is 4.23. The van der Waals surface area contributed by atoms with E-state index in [-0.39, 0.29) is 16.7 Å². The zero-order valence-corrected chi connectivity index (χ0v) is 11.2. The molecule has 0 fully saturated rings. The lowest BCUT2D eigenvalue weighted by molar-refractivity contribution is -0.109. The highest BCUT2D eigenvalue weighted by molar-refractivity contribution is 8.13. The number of hydrogen-bond donors (Lipinski definition) is 2. The Morgan fingerprint density at radius 3 is 2.47 bits per heavy atom. The SMILES string of the molecule is CC(=O)SCC(O)C(O)c1ccc(C(C)=O)s1. The first-order valence-corrected chi connectivity index (χ1v) is 6.82. The molecule has 2 unspecified atom stereocenters. The van der Waals surface area contributed by atoms with Crippen LogP contribution in [0.15, 0.2) is 12.1 Å². The van der Waals surface area contributed by atoms with Crippen LogP contribution in [-0.2, 0) is 4.79 Å². The van der Waals surface area contributed by atoms with Crippen molar-refractivity contribution in [2.24, 2.45) is 0 Å². The smallest absolute Gasteiger partial charge is 0.185 e. The van der Waals surface area contributed by atoms with Crippen LogP contribution in [0.5, 0.6) is 0 Å². The first-order chi connectivity index (χ1) is 7.91. The number of hydrogen-bond acceptors (Lipinski definition) is 6. The minimum Gasteiger partial charge on any atom is -0.389 e. The van der Waals surface area contributed by atoms with Crippen LogP contribution in [0, 0.1) is 0 Å². The number of thioether (sulfide) groups is 1. The maximum Gasteiger partial charge on any atom is 0.185 e. The van der Waals surface area contributed by atoms with E-state index in [1.807, 2.05) is 0 Å². The molecule has 1 heterocycles. The summed E-state index contributed by atoms with van der Waals surface area (Å²) in [6.07, 6.45) is -2.07. The summed E-state index contributed by atoms with van der Waals surface area (Å²) < 4.78 is 0. The summed E-state index contributed by atoms with van der Waals surface area (Å²) in [5.74, 6) is 0.0742. The molecule has 2 atom stereocenters. The van der Waals surface area contributed by atoms with Gasteiger partial charge in [-0.15, -0.1) is 11.3 Å². The van der Waals surface area contributed by atoms with E-state index in [1.165, 1.54) is 13.8 Å². The zero-order chi connectivity index (χ0) is 13.0. The van der Waals surface area contributed by atoms with E-state index in [0.29, 0.717) is 9.75 Å². The molecule has 0 saturated heterocycles. The van der Waals surface area contributed by atoms with Gasteiger partial charge in [0.15, 0.2) is 10.9 Å². The van der Waals surface area contributed by atoms with Gasteiger partial charge in [0.1, 0.15) is 6.10 Å². The highest BCUT2D eigenvalue weighted by Crippen LogP contribution is 2.27. The highest BCUT2D eigenvalue weighted by Gasteiger charge is 2.21. The van der Waals surface area contributed by atoms with Crippen molar-refractivity contribution < 1.29 is 19.8 Å². The van der Waals surface area contributed by atoms with Gasteiger partial charge >= 0.3 is 0 Å². The van der Waals surface area contributed by atoms with E-state index in [0.717, 1.165) is 23.1 Å². The molecule has 4 nitrogen and oxygen atoms in total. The molecular formula is C11H14O4S2. The quantitative estimate of drug-likeness (QED) is 0.798. The summed E-state index contributed by atoms with van der Waals surface area (Å²) in [6, 6.07) is 3.24. The summed E-state index contributed by atoms with van der Waals surface area (Å²) in [5, 5.41) is 19.4. The van der Waals surface area contributed by atoms with Crippen molar-refractivity contribution >= 4 is 34.0 Å². The van der Waals surface area contributed by atoms with Gasteiger partial charge in [0.2, 0.25) is 0 Å². The summed E-state index contributed by atoms with van der Waals surface area (Å²) in [4.78, 5) is 22.9. The number of rotatable bonds is 5. The molecule has 0 aliphatic carbocycles. The van der Waals surface area contributed by atoms with Crippen molar-refractivity contribution in [3.63, 3.8) is 0 Å². The van der Waals surface area contributed by atoms with Crippen molar-refractivity contribution in [3.05, 3.63) is 21.9 Å². The molecule has 0 aliphatic rings. The molecular weight excluding hydrogens is 260 g/mol. The highest BCUT2D eigenvalue weighted by atomic mass is 32.2. The number of Topliss-reactive ketones (excluding diaryl/α,β-unsaturated/α-hetero) is 1. The van der Waals surface area contributed by atoms with Crippen LogP contribution in [0.1, 0.15) is 34.5 Å². The lowest BCUT2D eigenvalue weighted by Gasteiger charge is -2.15. The summed E-state index contributed by atoms with van der Waals surface area (Å²) in [7, 11) is 0. The molecule has 6 heteroatoms. The molecule has 17 heavy (non-hydrogen) atoms. The maximum atomic E-state index is 11.1. The molecule has 94 valence electrons. The normalized spacial score (nSPS) is 14.4. The fraction of sp³-hybridized carbons (Fsp3) is 0.455. The number of carbonyl (C=O) groups is 2. The Balaban J connectivity index is 2.64. The number of aliphatic hydroxyl groups excluding tert-OH is 2. The Morgan fingerprint density at radius 2 is 2.00 bits per heavy atom. The van der Waals surface area contributed by atoms with Crippen molar-refractivity contribution in [1.29, 1.82) is 0 Å². The first-order valence-electron chi connectivity index (χ1n) is 5.02. The van der Waals surface area contributed by atoms with Crippen molar-refractivity contribution in [1.82, 2.24) is 0 Å². The number of aliphatic hydroxyl groups is 2. The summed E-state index contributed by atoms with van der Waals surface area (Å²) >= 11 is 2.12. The minimum absolute atomic E-state index is 0.0685. The predicted molar refractivity (Wildman–Crippen MR) is 68.4 cm³/mol. The lowest BCUT2D eigenvalue weighted by Crippen LogP contribution is -2.20. The Labute approximate surface area is 108 Å². The fourth-order valence-electron chi connectivity index (χ4n) is 1.18. The average molecular weight is 274 g/mol. The third-order valence-electron chi connectivity index (χ3n) is 2.09. The molecule has 0 spiro atoms. The Kier molecular flexibility index (Phi) is 5.32. The molecule has 1 rings (SSSR count). The standard InChI is InChI=1S/C11H14O4S2/c1-6(12)9-3-4-10(17-9)11(15)8(14)5-16-7(2)13/h3-4,8,11,14-15H,5H2,1-2H3. The van der Waals surface area contributed by atoms with Crippen molar-refractivity contribution in [3.8, 4) is 0 Å². The van der Waals surface area contributed by atoms with E-state index in [4.69, 9.17) is 0 Å². The molecule has 2 N–H and O–H groups in total. The van der Waals surface area contributed by atoms with Crippen molar-refractivity contribution in [2.45, 2.75) is 26.1 Å².